The molecule has 8 heteroatoms. The van der Waals surface area contributed by atoms with Gasteiger partial charge in [-0.3, -0.25) is 4.79 Å². The minimum absolute atomic E-state index is 0.00969. The number of halogens is 1. The number of thioether (sulfide) groups is 1. The lowest BCUT2D eigenvalue weighted by Gasteiger charge is -2.04. The number of amides is 1. The molecule has 0 bridgehead atoms. The molecule has 3 rings (SSSR count). The van der Waals surface area contributed by atoms with Crippen LogP contribution in [-0.2, 0) is 11.3 Å². The van der Waals surface area contributed by atoms with Crippen LogP contribution in [0.5, 0.6) is 0 Å². The molecule has 0 aliphatic carbocycles. The first-order chi connectivity index (χ1) is 10.6. The van der Waals surface area contributed by atoms with Crippen LogP contribution in [-0.4, -0.2) is 21.6 Å². The molecule has 0 atom stereocenters. The Labute approximate surface area is 144 Å². The average molecular weight is 370 g/mol. The number of aryl methyl sites for hydroxylation is 1. The molecule has 0 spiro atoms. The van der Waals surface area contributed by atoms with Gasteiger partial charge in [0, 0.05) is 10.4 Å². The van der Waals surface area contributed by atoms with Crippen molar-refractivity contribution in [3.05, 3.63) is 38.6 Å². The van der Waals surface area contributed by atoms with E-state index in [4.69, 9.17) is 11.6 Å². The molecule has 0 aliphatic heterocycles. The number of nitrogens with zero attached hydrogens (tertiary/aromatic N) is 2. The highest BCUT2D eigenvalue weighted by Crippen LogP contribution is 2.37. The number of aromatic nitrogens is 2. The smallest absolute Gasteiger partial charge is 0.230 e. The maximum Gasteiger partial charge on any atom is 0.230 e. The second-order valence-electron chi connectivity index (χ2n) is 4.50. The van der Waals surface area contributed by atoms with Crippen LogP contribution in [0.4, 0.5) is 0 Å². The van der Waals surface area contributed by atoms with E-state index in [1.807, 2.05) is 24.4 Å². The van der Waals surface area contributed by atoms with Crippen LogP contribution in [0.3, 0.4) is 0 Å². The zero-order valence-corrected chi connectivity index (χ0v) is 14.8. The molecule has 0 saturated heterocycles. The van der Waals surface area contributed by atoms with E-state index in [-0.39, 0.29) is 5.91 Å². The highest BCUT2D eigenvalue weighted by molar-refractivity contribution is 8.00. The first-order valence-corrected chi connectivity index (χ1v) is 9.52. The lowest BCUT2D eigenvalue weighted by Crippen LogP contribution is -2.24. The maximum atomic E-state index is 11.9. The summed E-state index contributed by atoms with van der Waals surface area (Å²) in [5.74, 6) is 0.316. The van der Waals surface area contributed by atoms with Gasteiger partial charge >= 0.3 is 0 Å². The number of thiophene rings is 2. The van der Waals surface area contributed by atoms with Crippen LogP contribution in [0.2, 0.25) is 4.34 Å². The Hall–Kier alpha value is -1.15. The van der Waals surface area contributed by atoms with Crippen LogP contribution >= 0.6 is 46.0 Å². The summed E-state index contributed by atoms with van der Waals surface area (Å²) in [5.41, 5.74) is 1.83. The number of nitrogens with one attached hydrogen (secondary N) is 1. The number of rotatable bonds is 5. The Morgan fingerprint density at radius 2 is 2.32 bits per heavy atom. The van der Waals surface area contributed by atoms with Gasteiger partial charge in [-0.25, -0.2) is 9.97 Å². The SMILES string of the molecule is Cc1c(Cl)sc2c(SCC(=O)NCc3cccs3)ncnc12. The molecule has 0 radical (unpaired) electrons. The Bertz CT molecular complexity index is 801. The molecular formula is C14H12ClN3OS3. The summed E-state index contributed by atoms with van der Waals surface area (Å²) in [6, 6.07) is 3.98. The van der Waals surface area contributed by atoms with Gasteiger partial charge in [0.1, 0.15) is 11.4 Å². The lowest BCUT2D eigenvalue weighted by atomic mass is 10.3. The van der Waals surface area contributed by atoms with Gasteiger partial charge in [-0.05, 0) is 18.4 Å². The fourth-order valence-electron chi connectivity index (χ4n) is 1.86. The second-order valence-corrected chi connectivity index (χ2v) is 8.12. The number of carbonyl (C=O) groups is 1. The van der Waals surface area contributed by atoms with E-state index in [1.54, 1.807) is 11.3 Å². The van der Waals surface area contributed by atoms with Gasteiger partial charge < -0.3 is 5.32 Å². The molecule has 3 heterocycles. The first-order valence-electron chi connectivity index (χ1n) is 6.46. The summed E-state index contributed by atoms with van der Waals surface area (Å²) in [6.45, 7) is 2.51. The Kier molecular flexibility index (Phi) is 4.97. The molecule has 3 aromatic rings. The van der Waals surface area contributed by atoms with E-state index >= 15 is 0 Å². The number of hydrogen-bond donors (Lipinski definition) is 1. The van der Waals surface area contributed by atoms with Crippen LogP contribution in [0.15, 0.2) is 28.9 Å². The number of carbonyl (C=O) groups excluding carboxylic acids is 1. The van der Waals surface area contributed by atoms with Gasteiger partial charge in [0.15, 0.2) is 0 Å². The quantitative estimate of drug-likeness (QED) is 0.542. The van der Waals surface area contributed by atoms with E-state index in [1.165, 1.54) is 29.4 Å². The molecule has 1 N–H and O–H groups in total. The van der Waals surface area contributed by atoms with Crippen molar-refractivity contribution >= 4 is 62.2 Å². The van der Waals surface area contributed by atoms with Crippen molar-refractivity contribution in [2.75, 3.05) is 5.75 Å². The molecule has 0 aliphatic rings. The van der Waals surface area contributed by atoms with Gasteiger partial charge in [0.25, 0.3) is 0 Å². The number of fused-ring (bicyclic) bond motifs is 1. The monoisotopic (exact) mass is 369 g/mol. The third-order valence-corrected chi connectivity index (χ3v) is 6.58. The summed E-state index contributed by atoms with van der Waals surface area (Å²) < 4.78 is 1.67. The zero-order chi connectivity index (χ0) is 15.5. The predicted molar refractivity (Wildman–Crippen MR) is 94.1 cm³/mol. The van der Waals surface area contributed by atoms with Crippen molar-refractivity contribution in [2.24, 2.45) is 0 Å². The van der Waals surface area contributed by atoms with E-state index < -0.39 is 0 Å². The minimum atomic E-state index is -0.00969. The lowest BCUT2D eigenvalue weighted by molar-refractivity contribution is -0.118. The molecule has 1 amide bonds. The normalized spacial score (nSPS) is 11.0. The molecule has 0 aromatic carbocycles. The summed E-state index contributed by atoms with van der Waals surface area (Å²) >= 11 is 10.7. The van der Waals surface area contributed by atoms with Gasteiger partial charge in [0.2, 0.25) is 5.91 Å². The van der Waals surface area contributed by atoms with Crippen LogP contribution in [0.25, 0.3) is 10.2 Å². The maximum absolute atomic E-state index is 11.9. The van der Waals surface area contributed by atoms with Crippen molar-refractivity contribution in [1.29, 1.82) is 0 Å². The van der Waals surface area contributed by atoms with E-state index in [0.717, 1.165) is 30.0 Å². The molecule has 0 unspecified atom stereocenters. The van der Waals surface area contributed by atoms with E-state index in [9.17, 15) is 4.79 Å². The summed E-state index contributed by atoms with van der Waals surface area (Å²) in [5, 5.41) is 5.70. The van der Waals surface area contributed by atoms with Gasteiger partial charge in [0.05, 0.1) is 26.9 Å². The third kappa shape index (κ3) is 3.43. The zero-order valence-electron chi connectivity index (χ0n) is 11.6. The van der Waals surface area contributed by atoms with Crippen molar-refractivity contribution < 1.29 is 4.79 Å². The van der Waals surface area contributed by atoms with Gasteiger partial charge in [-0.1, -0.05) is 29.4 Å². The summed E-state index contributed by atoms with van der Waals surface area (Å²) in [4.78, 5) is 21.6. The predicted octanol–water partition coefficient (Wildman–Crippen LogP) is 4.12. The fourth-order valence-corrected chi connectivity index (χ4v) is 4.72. The first kappa shape index (κ1) is 15.7. The van der Waals surface area contributed by atoms with Crippen LogP contribution in [0, 0.1) is 6.92 Å². The van der Waals surface area contributed by atoms with Crippen molar-refractivity contribution in [3.8, 4) is 0 Å². The number of hydrogen-bond acceptors (Lipinski definition) is 6. The molecule has 4 nitrogen and oxygen atoms in total. The fraction of sp³-hybridized carbons (Fsp3) is 0.214. The highest BCUT2D eigenvalue weighted by atomic mass is 35.5. The average Bonchev–Trinajstić information content (AvgIpc) is 3.13. The van der Waals surface area contributed by atoms with E-state index in [0.29, 0.717) is 12.3 Å². The van der Waals surface area contributed by atoms with Gasteiger partial charge in [-0.15, -0.1) is 22.7 Å². The largest absolute Gasteiger partial charge is 0.350 e. The molecule has 3 aromatic heterocycles. The minimum Gasteiger partial charge on any atom is -0.350 e. The van der Waals surface area contributed by atoms with Crippen molar-refractivity contribution in [2.45, 2.75) is 18.5 Å². The third-order valence-electron chi connectivity index (χ3n) is 2.99. The molecule has 0 fully saturated rings. The van der Waals surface area contributed by atoms with Crippen molar-refractivity contribution in [1.82, 2.24) is 15.3 Å². The van der Waals surface area contributed by atoms with E-state index in [2.05, 4.69) is 15.3 Å². The molecule has 22 heavy (non-hydrogen) atoms. The summed E-state index contributed by atoms with van der Waals surface area (Å²) in [7, 11) is 0. The summed E-state index contributed by atoms with van der Waals surface area (Å²) in [6.07, 6.45) is 1.52. The Morgan fingerprint density at radius 3 is 3.09 bits per heavy atom. The molecule has 114 valence electrons. The van der Waals surface area contributed by atoms with Crippen molar-refractivity contribution in [3.63, 3.8) is 0 Å². The van der Waals surface area contributed by atoms with Crippen LogP contribution < -0.4 is 5.32 Å². The molecule has 0 saturated carbocycles. The second kappa shape index (κ2) is 6.95. The molecular weight excluding hydrogens is 358 g/mol. The topological polar surface area (TPSA) is 54.9 Å². The standard InChI is InChI=1S/C14H12ClN3OS3/c1-8-11-12(22-13(8)15)14(18-7-17-11)21-6-10(19)16-5-9-3-2-4-20-9/h2-4,7H,5-6H2,1H3,(H,16,19). The van der Waals surface area contributed by atoms with Crippen LogP contribution in [0.1, 0.15) is 10.4 Å². The highest BCUT2D eigenvalue weighted by Gasteiger charge is 2.14. The van der Waals surface area contributed by atoms with Gasteiger partial charge in [-0.2, -0.15) is 0 Å². The Balaban J connectivity index is 1.64. The Morgan fingerprint density at radius 1 is 1.45 bits per heavy atom.